The van der Waals surface area contributed by atoms with Crippen molar-refractivity contribution in [3.8, 4) is 0 Å². The Balaban J connectivity index is 0.00000533. The minimum atomic E-state index is -5.38. The van der Waals surface area contributed by atoms with E-state index in [0.717, 1.165) is 13.5 Å². The molecular weight excluding hydrogens is 549 g/mol. The molecule has 2 aliphatic heterocycles. The van der Waals surface area contributed by atoms with Gasteiger partial charge in [-0.15, -0.1) is 0 Å². The van der Waals surface area contributed by atoms with Crippen LogP contribution in [0.25, 0.3) is 0 Å². The smallest absolute Gasteiger partial charge is 0.731 e. The van der Waals surface area contributed by atoms with Gasteiger partial charge in [0.05, 0.1) is 7.11 Å². The van der Waals surface area contributed by atoms with Gasteiger partial charge in [0.2, 0.25) is 5.91 Å². The molecule has 0 saturated carbocycles. The fourth-order valence-corrected chi connectivity index (χ4v) is 4.84. The minimum Gasteiger partial charge on any atom is -0.731 e. The summed E-state index contributed by atoms with van der Waals surface area (Å²) in [6.07, 6.45) is 1.48. The number of hydrogen-bond acceptors (Lipinski definition) is 10. The number of ether oxygens (including phenoxy) is 1. The van der Waals surface area contributed by atoms with Gasteiger partial charge in [0, 0.05) is 19.6 Å². The van der Waals surface area contributed by atoms with Crippen molar-refractivity contribution in [2.24, 2.45) is 0 Å². The van der Waals surface area contributed by atoms with E-state index < -0.39 is 64.1 Å². The summed E-state index contributed by atoms with van der Waals surface area (Å²) in [5.41, 5.74) is 0.202. The summed E-state index contributed by atoms with van der Waals surface area (Å²) < 4.78 is 38.4. The first-order valence-corrected chi connectivity index (χ1v) is 12.9. The summed E-state index contributed by atoms with van der Waals surface area (Å²) in [6.45, 7) is 2.27. The number of carbonyl (C=O) groups is 6. The van der Waals surface area contributed by atoms with Crippen LogP contribution in [0.1, 0.15) is 31.4 Å². The number of urea groups is 1. The zero-order chi connectivity index (χ0) is 28.2. The zero-order valence-corrected chi connectivity index (χ0v) is 24.3. The SMILES string of the molecule is CCCCN1CCN(C(=O)NC(C(=O)N[C@H]2C(=O)N(S(=O)(=O)[O-])[C@H]2C(=O)OC)c2ccccc2)C(=O)C1=O.[Na+]. The van der Waals surface area contributed by atoms with Crippen molar-refractivity contribution in [1.29, 1.82) is 0 Å². The van der Waals surface area contributed by atoms with Gasteiger partial charge in [0.1, 0.15) is 12.1 Å². The van der Waals surface area contributed by atoms with E-state index in [0.29, 0.717) is 17.9 Å². The molecule has 206 valence electrons. The van der Waals surface area contributed by atoms with Gasteiger partial charge < -0.3 is 24.8 Å². The van der Waals surface area contributed by atoms with Gasteiger partial charge in [0.15, 0.2) is 16.3 Å². The molecule has 39 heavy (non-hydrogen) atoms. The van der Waals surface area contributed by atoms with E-state index in [1.165, 1.54) is 17.0 Å². The molecule has 1 aromatic rings. The van der Waals surface area contributed by atoms with Crippen LogP contribution < -0.4 is 40.2 Å². The van der Waals surface area contributed by atoms with Gasteiger partial charge in [-0.3, -0.25) is 24.1 Å². The fourth-order valence-electron chi connectivity index (χ4n) is 4.02. The number of benzene rings is 1. The third-order valence-corrected chi connectivity index (χ3v) is 6.92. The topological polar surface area (TPSA) is 203 Å². The predicted molar refractivity (Wildman–Crippen MR) is 125 cm³/mol. The average molecular weight is 576 g/mol. The third-order valence-electron chi connectivity index (χ3n) is 6.03. The van der Waals surface area contributed by atoms with Crippen molar-refractivity contribution >= 4 is 45.9 Å². The van der Waals surface area contributed by atoms with Crippen LogP contribution in [-0.4, -0.2) is 102 Å². The molecule has 3 rings (SSSR count). The Morgan fingerprint density at radius 2 is 1.74 bits per heavy atom. The molecule has 2 N–H and O–H groups in total. The summed E-state index contributed by atoms with van der Waals surface area (Å²) in [5.74, 6) is -5.63. The van der Waals surface area contributed by atoms with E-state index in [1.807, 2.05) is 6.92 Å². The number of imide groups is 1. The van der Waals surface area contributed by atoms with E-state index in [9.17, 15) is 41.7 Å². The zero-order valence-electron chi connectivity index (χ0n) is 21.5. The molecule has 6 amide bonds. The molecule has 17 heteroatoms. The second kappa shape index (κ2) is 13.3. The van der Waals surface area contributed by atoms with Crippen molar-refractivity contribution in [2.75, 3.05) is 26.7 Å². The number of rotatable bonds is 9. The Morgan fingerprint density at radius 1 is 1.10 bits per heavy atom. The maximum Gasteiger partial charge on any atom is 1.00 e. The summed E-state index contributed by atoms with van der Waals surface area (Å²) in [7, 11) is -4.49. The van der Waals surface area contributed by atoms with E-state index in [1.54, 1.807) is 18.2 Å². The summed E-state index contributed by atoms with van der Waals surface area (Å²) in [6, 6.07) is 1.31. The Labute approximate surface area is 246 Å². The van der Waals surface area contributed by atoms with Crippen molar-refractivity contribution in [2.45, 2.75) is 37.9 Å². The molecule has 3 atom stereocenters. The van der Waals surface area contributed by atoms with Gasteiger partial charge in [-0.25, -0.2) is 22.3 Å². The summed E-state index contributed by atoms with van der Waals surface area (Å²) in [5, 5.41) is 4.50. The second-order valence-electron chi connectivity index (χ2n) is 8.44. The molecule has 1 unspecified atom stereocenters. The van der Waals surface area contributed by atoms with Crippen molar-refractivity contribution in [1.82, 2.24) is 24.7 Å². The van der Waals surface area contributed by atoms with E-state index in [2.05, 4.69) is 15.4 Å². The number of nitrogens with zero attached hydrogens (tertiary/aromatic N) is 3. The van der Waals surface area contributed by atoms with Crippen LogP contribution >= 0.6 is 0 Å². The van der Waals surface area contributed by atoms with Gasteiger partial charge in [-0.05, 0) is 12.0 Å². The Bertz CT molecular complexity index is 1240. The molecule has 0 spiro atoms. The number of piperazine rings is 1. The minimum absolute atomic E-state index is 0. The first-order valence-electron chi connectivity index (χ1n) is 11.6. The van der Waals surface area contributed by atoms with Crippen molar-refractivity contribution in [3.63, 3.8) is 0 Å². The molecule has 1 aromatic carbocycles. The maximum absolute atomic E-state index is 13.2. The monoisotopic (exact) mass is 575 g/mol. The molecule has 15 nitrogen and oxygen atoms in total. The number of unbranched alkanes of at least 4 members (excludes halogenated alkanes) is 1. The number of hydrogen-bond donors (Lipinski definition) is 2. The van der Waals surface area contributed by atoms with Crippen LogP contribution in [0.15, 0.2) is 30.3 Å². The third kappa shape index (κ3) is 6.94. The maximum atomic E-state index is 13.2. The van der Waals surface area contributed by atoms with Crippen LogP contribution in [0.4, 0.5) is 4.79 Å². The number of nitrogens with one attached hydrogen (secondary N) is 2. The summed E-state index contributed by atoms with van der Waals surface area (Å²) in [4.78, 5) is 77.5. The second-order valence-corrected chi connectivity index (χ2v) is 9.69. The molecule has 0 bridgehead atoms. The number of esters is 1. The normalized spacial score (nSPS) is 20.0. The Hall–Kier alpha value is -3.05. The first-order chi connectivity index (χ1) is 17.9. The summed E-state index contributed by atoms with van der Waals surface area (Å²) >= 11 is 0. The van der Waals surface area contributed by atoms with E-state index in [-0.39, 0.29) is 52.5 Å². The number of carbonyl (C=O) groups excluding carboxylic acids is 6. The molecule has 2 heterocycles. The largest absolute Gasteiger partial charge is 1.00 e. The molecule has 0 aliphatic carbocycles. The van der Waals surface area contributed by atoms with Crippen LogP contribution in [-0.2, 0) is 39.0 Å². The van der Waals surface area contributed by atoms with Gasteiger partial charge in [-0.2, -0.15) is 0 Å². The van der Waals surface area contributed by atoms with Crippen LogP contribution in [0.5, 0.6) is 0 Å². The molecule has 2 saturated heterocycles. The van der Waals surface area contributed by atoms with Gasteiger partial charge in [-0.1, -0.05) is 43.7 Å². The molecule has 0 radical (unpaired) electrons. The molecular formula is C22H26N5NaO10S. The van der Waals surface area contributed by atoms with Crippen molar-refractivity contribution < 1.29 is 76.0 Å². The molecule has 2 aliphatic rings. The van der Waals surface area contributed by atoms with Crippen molar-refractivity contribution in [3.05, 3.63) is 35.9 Å². The standard InChI is InChI=1S/C22H27N5O10S.Na/c1-3-4-10-25-11-12-26(20(31)19(25)30)22(33)24-14(13-8-6-5-7-9-13)17(28)23-15-16(21(32)37-2)27(18(15)29)38(34,35)36;/h5-9,14-16H,3-4,10-12H2,1-2H3,(H,23,28)(H,24,33)(H,34,35,36);/q;+1/p-1/t14?,15-,16-;/m1./s1. The first kappa shape index (κ1) is 32.2. The van der Waals surface area contributed by atoms with Gasteiger partial charge in [0.25, 0.3) is 5.91 Å². The Kier molecular flexibility index (Phi) is 11.0. The number of β-lactam (4-membered cyclic amide) rings is 1. The number of amides is 6. The Morgan fingerprint density at radius 3 is 2.31 bits per heavy atom. The number of methoxy groups -OCH3 is 1. The quantitative estimate of drug-likeness (QED) is 0.0946. The average Bonchev–Trinajstić information content (AvgIpc) is 2.88. The predicted octanol–water partition coefficient (Wildman–Crippen LogP) is -4.76. The van der Waals surface area contributed by atoms with Crippen LogP contribution in [0.3, 0.4) is 0 Å². The molecule has 2 fully saturated rings. The fraction of sp³-hybridized carbons (Fsp3) is 0.455. The van der Waals surface area contributed by atoms with Crippen LogP contribution in [0, 0.1) is 0 Å². The van der Waals surface area contributed by atoms with E-state index in [4.69, 9.17) is 0 Å². The molecule has 0 aromatic heterocycles. The van der Waals surface area contributed by atoms with E-state index >= 15 is 0 Å². The van der Waals surface area contributed by atoms with Gasteiger partial charge >= 0.3 is 53.4 Å². The van der Waals surface area contributed by atoms with Crippen LogP contribution in [0.2, 0.25) is 0 Å².